The first kappa shape index (κ1) is 14.2. The van der Waals surface area contributed by atoms with Crippen molar-refractivity contribution in [3.63, 3.8) is 0 Å². The van der Waals surface area contributed by atoms with Crippen LogP contribution in [0.2, 0.25) is 0 Å². The third-order valence-electron chi connectivity index (χ3n) is 3.03. The molecule has 0 aliphatic carbocycles. The van der Waals surface area contributed by atoms with E-state index in [1.165, 1.54) is 12.1 Å². The number of anilines is 1. The molecular weight excluding hydrogens is 271 g/mol. The number of nitrogen functional groups attached to an aromatic ring is 1. The number of nitrogens with zero attached hydrogens (tertiary/aromatic N) is 2. The van der Waals surface area contributed by atoms with Crippen molar-refractivity contribution in [1.82, 2.24) is 14.7 Å². The molecule has 0 spiro atoms. The minimum atomic E-state index is -3.75. The third kappa shape index (κ3) is 3.41. The van der Waals surface area contributed by atoms with Crippen LogP contribution < -0.4 is 10.6 Å². The van der Waals surface area contributed by atoms with E-state index in [2.05, 4.69) is 9.73 Å². The molecule has 3 N–H and O–H groups in total. The fourth-order valence-electron chi connectivity index (χ4n) is 1.80. The summed E-state index contributed by atoms with van der Waals surface area (Å²) in [6.45, 7) is 2.73. The topological polar surface area (TPSA) is 78.7 Å². The molecule has 1 saturated heterocycles. The van der Waals surface area contributed by atoms with Gasteiger partial charge in [0.15, 0.2) is 0 Å². The van der Waals surface area contributed by atoms with E-state index >= 15 is 0 Å². The summed E-state index contributed by atoms with van der Waals surface area (Å²) >= 11 is 0. The molecule has 0 saturated carbocycles. The lowest BCUT2D eigenvalue weighted by molar-refractivity contribution is 0.135. The molecule has 0 bridgehead atoms. The summed E-state index contributed by atoms with van der Waals surface area (Å²) in [6.07, 6.45) is 0. The fourth-order valence-corrected chi connectivity index (χ4v) is 2.93. The number of benzene rings is 1. The molecule has 106 valence electrons. The molecule has 0 amide bonds. The number of nitrogens with two attached hydrogens (primary N) is 1. The van der Waals surface area contributed by atoms with Gasteiger partial charge in [-0.15, -0.1) is 4.83 Å². The summed E-state index contributed by atoms with van der Waals surface area (Å²) in [5.74, 6) is -0.735. The summed E-state index contributed by atoms with van der Waals surface area (Å²) in [4.78, 5) is 4.43. The van der Waals surface area contributed by atoms with Crippen molar-refractivity contribution < 1.29 is 12.8 Å². The molecule has 0 aromatic heterocycles. The highest BCUT2D eigenvalue weighted by Gasteiger charge is 2.22. The van der Waals surface area contributed by atoms with Gasteiger partial charge >= 0.3 is 0 Å². The smallest absolute Gasteiger partial charge is 0.253 e. The second-order valence-electron chi connectivity index (χ2n) is 4.57. The zero-order valence-electron chi connectivity index (χ0n) is 10.6. The maximum Gasteiger partial charge on any atom is 0.253 e. The van der Waals surface area contributed by atoms with E-state index in [4.69, 9.17) is 5.73 Å². The largest absolute Gasteiger partial charge is 0.396 e. The first-order valence-electron chi connectivity index (χ1n) is 5.89. The second-order valence-corrected chi connectivity index (χ2v) is 6.23. The highest BCUT2D eigenvalue weighted by molar-refractivity contribution is 7.89. The minimum Gasteiger partial charge on any atom is -0.396 e. The lowest BCUT2D eigenvalue weighted by Crippen LogP contribution is -2.52. The van der Waals surface area contributed by atoms with E-state index in [0.717, 1.165) is 19.2 Å². The van der Waals surface area contributed by atoms with Gasteiger partial charge < -0.3 is 10.6 Å². The van der Waals surface area contributed by atoms with Gasteiger partial charge in [-0.2, -0.15) is 0 Å². The number of sulfonamides is 1. The lowest BCUT2D eigenvalue weighted by Gasteiger charge is -2.32. The first-order valence-corrected chi connectivity index (χ1v) is 7.38. The molecule has 0 radical (unpaired) electrons. The number of rotatable bonds is 3. The molecule has 0 atom stereocenters. The Bertz CT molecular complexity index is 556. The van der Waals surface area contributed by atoms with Gasteiger partial charge in [-0.3, -0.25) is 0 Å². The van der Waals surface area contributed by atoms with Gasteiger partial charge in [0.1, 0.15) is 5.82 Å². The van der Waals surface area contributed by atoms with Gasteiger partial charge in [-0.1, -0.05) is 0 Å². The van der Waals surface area contributed by atoms with Crippen molar-refractivity contribution in [3.8, 4) is 0 Å². The van der Waals surface area contributed by atoms with Crippen molar-refractivity contribution in [2.75, 3.05) is 39.0 Å². The lowest BCUT2D eigenvalue weighted by atomic mass is 10.3. The average Bonchev–Trinajstić information content (AvgIpc) is 2.35. The van der Waals surface area contributed by atoms with E-state index in [-0.39, 0.29) is 10.6 Å². The first-order chi connectivity index (χ1) is 8.88. The van der Waals surface area contributed by atoms with Crippen molar-refractivity contribution in [2.45, 2.75) is 4.90 Å². The van der Waals surface area contributed by atoms with Crippen molar-refractivity contribution in [2.24, 2.45) is 0 Å². The monoisotopic (exact) mass is 288 g/mol. The Kier molecular flexibility index (Phi) is 4.04. The minimum absolute atomic E-state index is 0.0708. The van der Waals surface area contributed by atoms with Crippen LogP contribution in [0.25, 0.3) is 0 Å². The normalized spacial score (nSPS) is 18.6. The Balaban J connectivity index is 2.11. The van der Waals surface area contributed by atoms with Gasteiger partial charge in [-0.05, 0) is 25.2 Å². The summed E-state index contributed by atoms with van der Waals surface area (Å²) in [5.41, 5.74) is 5.25. The number of hydrazine groups is 1. The zero-order chi connectivity index (χ0) is 14.0. The van der Waals surface area contributed by atoms with Gasteiger partial charge in [0, 0.05) is 26.2 Å². The average molecular weight is 288 g/mol. The van der Waals surface area contributed by atoms with E-state index in [1.54, 1.807) is 5.01 Å². The fraction of sp³-hybridized carbons (Fsp3) is 0.455. The van der Waals surface area contributed by atoms with Crippen LogP contribution in [0.4, 0.5) is 10.1 Å². The Morgan fingerprint density at radius 1 is 1.26 bits per heavy atom. The molecule has 2 rings (SSSR count). The number of hydrogen-bond donors (Lipinski definition) is 2. The van der Waals surface area contributed by atoms with Crippen LogP contribution in [0.15, 0.2) is 23.1 Å². The predicted molar refractivity (Wildman–Crippen MR) is 70.2 cm³/mol. The van der Waals surface area contributed by atoms with E-state index in [1.807, 2.05) is 7.05 Å². The van der Waals surface area contributed by atoms with Crippen LogP contribution in [0, 0.1) is 5.82 Å². The van der Waals surface area contributed by atoms with Crippen LogP contribution in [0.5, 0.6) is 0 Å². The van der Waals surface area contributed by atoms with Crippen molar-refractivity contribution in [1.29, 1.82) is 0 Å². The van der Waals surface area contributed by atoms with Crippen molar-refractivity contribution >= 4 is 15.7 Å². The van der Waals surface area contributed by atoms with E-state index in [0.29, 0.717) is 13.1 Å². The molecule has 1 aliphatic heterocycles. The molecule has 19 heavy (non-hydrogen) atoms. The van der Waals surface area contributed by atoms with Crippen LogP contribution in [0.1, 0.15) is 0 Å². The van der Waals surface area contributed by atoms with Crippen LogP contribution >= 0.6 is 0 Å². The highest BCUT2D eigenvalue weighted by atomic mass is 32.2. The summed E-state index contributed by atoms with van der Waals surface area (Å²) in [5, 5.41) is 1.61. The molecule has 6 nitrogen and oxygen atoms in total. The Morgan fingerprint density at radius 3 is 2.47 bits per heavy atom. The predicted octanol–water partition coefficient (Wildman–Crippen LogP) is -0.151. The standard InChI is InChI=1S/C11H17FN4O2S/c1-15-4-6-16(7-5-15)14-19(17,18)9-2-3-11(13)10(12)8-9/h2-3,8,14H,4-7,13H2,1H3. The summed E-state index contributed by atoms with van der Waals surface area (Å²) in [6, 6.07) is 3.46. The Hall–Kier alpha value is -1.22. The van der Waals surface area contributed by atoms with E-state index < -0.39 is 15.8 Å². The molecule has 1 fully saturated rings. The number of piperazine rings is 1. The maximum absolute atomic E-state index is 13.3. The molecule has 1 heterocycles. The Morgan fingerprint density at radius 2 is 1.89 bits per heavy atom. The number of hydrogen-bond acceptors (Lipinski definition) is 5. The summed E-state index contributed by atoms with van der Waals surface area (Å²) < 4.78 is 37.4. The molecule has 1 aromatic rings. The molecule has 1 aliphatic rings. The van der Waals surface area contributed by atoms with Crippen LogP contribution in [-0.2, 0) is 10.0 Å². The van der Waals surface area contributed by atoms with Gasteiger partial charge in [0.25, 0.3) is 10.0 Å². The van der Waals surface area contributed by atoms with Crippen LogP contribution in [0.3, 0.4) is 0 Å². The van der Waals surface area contributed by atoms with Gasteiger partial charge in [-0.25, -0.2) is 17.8 Å². The molecular formula is C11H17FN4O2S. The Labute approximate surface area is 112 Å². The van der Waals surface area contributed by atoms with Gasteiger partial charge in [0.05, 0.1) is 10.6 Å². The molecule has 0 unspecified atom stereocenters. The van der Waals surface area contributed by atoms with Crippen molar-refractivity contribution in [3.05, 3.63) is 24.0 Å². The summed E-state index contributed by atoms with van der Waals surface area (Å²) in [7, 11) is -1.78. The number of halogens is 1. The highest BCUT2D eigenvalue weighted by Crippen LogP contribution is 2.16. The van der Waals surface area contributed by atoms with E-state index in [9.17, 15) is 12.8 Å². The quantitative estimate of drug-likeness (QED) is 0.756. The third-order valence-corrected chi connectivity index (χ3v) is 4.41. The van der Waals surface area contributed by atoms with Crippen LogP contribution in [-0.4, -0.2) is 51.6 Å². The second kappa shape index (κ2) is 5.41. The number of nitrogens with one attached hydrogen (secondary N) is 1. The maximum atomic E-state index is 13.3. The number of likely N-dealkylation sites (N-methyl/N-ethyl adjacent to an activating group) is 1. The molecule has 8 heteroatoms. The zero-order valence-corrected chi connectivity index (χ0v) is 11.5. The molecule has 1 aromatic carbocycles. The SMILES string of the molecule is CN1CCN(NS(=O)(=O)c2ccc(N)c(F)c2)CC1. The van der Waals surface area contributed by atoms with Gasteiger partial charge in [0.2, 0.25) is 0 Å².